The molecule has 1 aromatic heterocycles. The van der Waals surface area contributed by atoms with E-state index in [9.17, 15) is 9.18 Å². The van der Waals surface area contributed by atoms with Gasteiger partial charge in [-0.2, -0.15) is 4.39 Å². The summed E-state index contributed by atoms with van der Waals surface area (Å²) in [6, 6.07) is 0. The van der Waals surface area contributed by atoms with Gasteiger partial charge < -0.3 is 10.2 Å². The van der Waals surface area contributed by atoms with Gasteiger partial charge in [-0.25, -0.2) is 9.98 Å². The maximum absolute atomic E-state index is 13.4. The predicted molar refractivity (Wildman–Crippen MR) is 117 cm³/mol. The summed E-state index contributed by atoms with van der Waals surface area (Å²) in [6.07, 6.45) is 7.14. The fourth-order valence-electron chi connectivity index (χ4n) is 3.55. The van der Waals surface area contributed by atoms with Crippen LogP contribution in [0.1, 0.15) is 58.3 Å². The normalized spacial score (nSPS) is 18.5. The predicted octanol–water partition coefficient (Wildman–Crippen LogP) is 4.70. The van der Waals surface area contributed by atoms with Gasteiger partial charge in [-0.15, -0.1) is 0 Å². The van der Waals surface area contributed by atoms with Crippen LogP contribution in [0.5, 0.6) is 0 Å². The molecule has 1 aromatic rings. The molecule has 2 aliphatic rings. The summed E-state index contributed by atoms with van der Waals surface area (Å²) in [5.41, 5.74) is 3.71. The quantitative estimate of drug-likeness (QED) is 0.398. The first kappa shape index (κ1) is 21.4. The Labute approximate surface area is 176 Å². The molecule has 1 saturated carbocycles. The van der Waals surface area contributed by atoms with Crippen LogP contribution in [0.4, 0.5) is 4.39 Å². The SMILES string of the molecule is C=N/C(NC1(C)CC1)=C(\CC)C(C(=O)N1CC=C(c2cnc(F)s2)CC1)=C(C)C. The van der Waals surface area contributed by atoms with Crippen LogP contribution in [0.15, 0.2) is 39.8 Å². The molecule has 1 aliphatic heterocycles. The number of allylic oxidation sites excluding steroid dienone is 1. The number of thiazole rings is 1. The summed E-state index contributed by atoms with van der Waals surface area (Å²) >= 11 is 1.05. The lowest BCUT2D eigenvalue weighted by atomic mass is 9.96. The third kappa shape index (κ3) is 4.83. The third-order valence-corrected chi connectivity index (χ3v) is 6.39. The molecule has 0 atom stereocenters. The van der Waals surface area contributed by atoms with Crippen LogP contribution in [0.2, 0.25) is 0 Å². The number of nitrogens with zero attached hydrogens (tertiary/aromatic N) is 3. The van der Waals surface area contributed by atoms with Gasteiger partial charge in [0.1, 0.15) is 5.82 Å². The largest absolute Gasteiger partial charge is 0.365 e. The van der Waals surface area contributed by atoms with Crippen molar-refractivity contribution in [1.82, 2.24) is 15.2 Å². The van der Waals surface area contributed by atoms with Gasteiger partial charge >= 0.3 is 0 Å². The van der Waals surface area contributed by atoms with E-state index in [4.69, 9.17) is 0 Å². The molecule has 0 aromatic carbocycles. The number of rotatable bonds is 7. The average molecular weight is 417 g/mol. The Hall–Kier alpha value is -2.28. The number of nitrogens with one attached hydrogen (secondary N) is 1. The molecule has 7 heteroatoms. The van der Waals surface area contributed by atoms with Crippen molar-refractivity contribution in [1.29, 1.82) is 0 Å². The maximum atomic E-state index is 13.4. The fraction of sp³-hybridized carbons (Fsp3) is 0.500. The van der Waals surface area contributed by atoms with Crippen molar-refractivity contribution in [3.8, 4) is 0 Å². The molecule has 0 spiro atoms. The molecule has 1 N–H and O–H groups in total. The van der Waals surface area contributed by atoms with Crippen molar-refractivity contribution in [3.63, 3.8) is 0 Å². The van der Waals surface area contributed by atoms with Crippen molar-refractivity contribution in [3.05, 3.63) is 45.0 Å². The van der Waals surface area contributed by atoms with E-state index in [1.807, 2.05) is 31.7 Å². The molecule has 5 nitrogen and oxygen atoms in total. The summed E-state index contributed by atoms with van der Waals surface area (Å²) in [4.78, 5) is 24.0. The lowest BCUT2D eigenvalue weighted by Gasteiger charge is -2.29. The zero-order valence-electron chi connectivity index (χ0n) is 17.6. The van der Waals surface area contributed by atoms with Gasteiger partial charge in [-0.05, 0) is 58.7 Å². The van der Waals surface area contributed by atoms with Gasteiger partial charge in [0.25, 0.3) is 11.2 Å². The van der Waals surface area contributed by atoms with E-state index in [2.05, 4.69) is 28.9 Å². The van der Waals surface area contributed by atoms with E-state index in [-0.39, 0.29) is 11.4 Å². The summed E-state index contributed by atoms with van der Waals surface area (Å²) < 4.78 is 13.2. The number of hydrogen-bond acceptors (Lipinski definition) is 5. The van der Waals surface area contributed by atoms with Crippen LogP contribution >= 0.6 is 11.3 Å². The maximum Gasteiger partial charge on any atom is 0.269 e. The van der Waals surface area contributed by atoms with Crippen LogP contribution in [0.25, 0.3) is 5.57 Å². The zero-order chi connectivity index (χ0) is 21.2. The van der Waals surface area contributed by atoms with Gasteiger partial charge in [0.05, 0.1) is 4.88 Å². The van der Waals surface area contributed by atoms with Gasteiger partial charge in [0, 0.05) is 36.0 Å². The van der Waals surface area contributed by atoms with Crippen LogP contribution < -0.4 is 5.32 Å². The smallest absolute Gasteiger partial charge is 0.269 e. The highest BCUT2D eigenvalue weighted by Crippen LogP contribution is 2.37. The van der Waals surface area contributed by atoms with E-state index in [1.165, 1.54) is 0 Å². The molecular weight excluding hydrogens is 387 g/mol. The Balaban J connectivity index is 1.84. The van der Waals surface area contributed by atoms with E-state index in [1.54, 1.807) is 6.20 Å². The van der Waals surface area contributed by atoms with E-state index in [0.717, 1.165) is 45.8 Å². The second-order valence-electron chi connectivity index (χ2n) is 8.11. The minimum Gasteiger partial charge on any atom is -0.365 e. The van der Waals surface area contributed by atoms with E-state index >= 15 is 0 Å². The molecule has 1 fully saturated rings. The molecule has 29 heavy (non-hydrogen) atoms. The van der Waals surface area contributed by atoms with Gasteiger partial charge in [0.15, 0.2) is 0 Å². The first-order valence-corrected chi connectivity index (χ1v) is 10.9. The topological polar surface area (TPSA) is 57.6 Å². The van der Waals surface area contributed by atoms with Crippen LogP contribution in [0, 0.1) is 5.26 Å². The molecule has 3 rings (SSSR count). The summed E-state index contributed by atoms with van der Waals surface area (Å²) in [5, 5.41) is 3.06. The Morgan fingerprint density at radius 3 is 2.62 bits per heavy atom. The highest BCUT2D eigenvalue weighted by Gasteiger charge is 2.38. The second kappa shape index (κ2) is 8.61. The standard InChI is InChI=1S/C22H29FN4OS/c1-6-16(19(24-5)26-22(4)9-10-22)18(14(2)3)20(28)27-11-7-15(8-12-27)17-13-25-21(23)29-17/h7,13,26H,5-6,8-12H2,1-4H3/b19-16-. The average Bonchev–Trinajstić information content (AvgIpc) is 3.27. The van der Waals surface area contributed by atoms with Gasteiger partial charge in [-0.1, -0.05) is 29.9 Å². The number of hydrogen-bond donors (Lipinski definition) is 1. The highest BCUT2D eigenvalue weighted by molar-refractivity contribution is 7.11. The Bertz CT molecular complexity index is 904. The molecule has 1 aliphatic carbocycles. The third-order valence-electron chi connectivity index (χ3n) is 5.52. The molecule has 2 heterocycles. The molecule has 0 unspecified atom stereocenters. The molecule has 1 amide bonds. The minimum absolute atomic E-state index is 0.0107. The Morgan fingerprint density at radius 1 is 1.45 bits per heavy atom. The Morgan fingerprint density at radius 2 is 2.17 bits per heavy atom. The number of carbonyl (C=O) groups is 1. The number of aromatic nitrogens is 1. The Kier molecular flexibility index (Phi) is 6.36. The molecule has 0 saturated heterocycles. The van der Waals surface area contributed by atoms with E-state index < -0.39 is 5.26 Å². The van der Waals surface area contributed by atoms with Gasteiger partial charge in [0.2, 0.25) is 0 Å². The van der Waals surface area contributed by atoms with Crippen LogP contribution in [-0.4, -0.2) is 41.1 Å². The summed E-state index contributed by atoms with van der Waals surface area (Å²) in [5.74, 6) is 0.724. The van der Waals surface area contributed by atoms with Crippen molar-refractivity contribution in [2.75, 3.05) is 13.1 Å². The summed E-state index contributed by atoms with van der Waals surface area (Å²) in [7, 11) is 0. The number of aliphatic imine (C=N–C) groups is 1. The fourth-order valence-corrected chi connectivity index (χ4v) is 4.26. The number of halogens is 1. The van der Waals surface area contributed by atoms with Crippen LogP contribution in [-0.2, 0) is 4.79 Å². The van der Waals surface area contributed by atoms with Crippen molar-refractivity contribution in [2.24, 2.45) is 4.99 Å². The molecule has 0 radical (unpaired) electrons. The lowest BCUT2D eigenvalue weighted by Crippen LogP contribution is -2.37. The van der Waals surface area contributed by atoms with Crippen molar-refractivity contribution in [2.45, 2.75) is 58.9 Å². The monoisotopic (exact) mass is 416 g/mol. The van der Waals surface area contributed by atoms with E-state index in [0.29, 0.717) is 37.3 Å². The van der Waals surface area contributed by atoms with Crippen molar-refractivity contribution >= 4 is 29.5 Å². The van der Waals surface area contributed by atoms with Gasteiger partial charge in [-0.3, -0.25) is 4.79 Å². The first-order valence-electron chi connectivity index (χ1n) is 10.0. The number of amides is 1. The first-order chi connectivity index (χ1) is 13.8. The van der Waals surface area contributed by atoms with Crippen LogP contribution in [0.3, 0.4) is 0 Å². The summed E-state index contributed by atoms with van der Waals surface area (Å²) in [6.45, 7) is 13.0. The van der Waals surface area contributed by atoms with Crippen molar-refractivity contribution < 1.29 is 9.18 Å². The lowest BCUT2D eigenvalue weighted by molar-refractivity contribution is -0.126. The second-order valence-corrected chi connectivity index (χ2v) is 9.09. The molecular formula is C22H29FN4OS. The molecule has 156 valence electrons. The number of carbonyl (C=O) groups excluding carboxylic acids is 1. The minimum atomic E-state index is -0.426. The molecule has 0 bridgehead atoms. The highest BCUT2D eigenvalue weighted by atomic mass is 32.1. The zero-order valence-corrected chi connectivity index (χ0v) is 18.5.